The Balaban J connectivity index is 1.96. The van der Waals surface area contributed by atoms with E-state index >= 15 is 0 Å². The Morgan fingerprint density at radius 3 is 2.81 bits per heavy atom. The Kier molecular flexibility index (Phi) is 3.69. The highest BCUT2D eigenvalue weighted by atomic mass is 35.5. The molecule has 1 aliphatic rings. The maximum atomic E-state index is 11.6. The lowest BCUT2D eigenvalue weighted by Crippen LogP contribution is -2.43. The van der Waals surface area contributed by atoms with Crippen LogP contribution in [-0.2, 0) is 4.79 Å². The topological polar surface area (TPSA) is 41.1 Å². The van der Waals surface area contributed by atoms with Gasteiger partial charge in [0.25, 0.3) is 0 Å². The lowest BCUT2D eigenvalue weighted by atomic mass is 9.99. The van der Waals surface area contributed by atoms with Crippen molar-refractivity contribution >= 4 is 34.8 Å². The van der Waals surface area contributed by atoms with Crippen LogP contribution < -0.4 is 10.6 Å². The number of nitrogens with one attached hydrogen (secondary N) is 2. The lowest BCUT2D eigenvalue weighted by molar-refractivity contribution is -0.117. The Labute approximate surface area is 104 Å². The summed E-state index contributed by atoms with van der Waals surface area (Å²) >= 11 is 11.8. The molecule has 0 radical (unpaired) electrons. The first-order chi connectivity index (χ1) is 7.65. The summed E-state index contributed by atoms with van der Waals surface area (Å²) in [7, 11) is 0. The van der Waals surface area contributed by atoms with E-state index in [4.69, 9.17) is 23.2 Å². The van der Waals surface area contributed by atoms with Gasteiger partial charge in [-0.1, -0.05) is 23.2 Å². The predicted octanol–water partition coefficient (Wildman–Crippen LogP) is 2.54. The average Bonchev–Trinajstić information content (AvgIpc) is 2.18. The number of hydrogen-bond donors (Lipinski definition) is 2. The van der Waals surface area contributed by atoms with E-state index in [1.54, 1.807) is 18.2 Å². The van der Waals surface area contributed by atoms with Crippen LogP contribution in [-0.4, -0.2) is 19.0 Å². The molecular weight excluding hydrogens is 247 g/mol. The molecule has 0 aliphatic carbocycles. The van der Waals surface area contributed by atoms with Gasteiger partial charge < -0.3 is 10.6 Å². The van der Waals surface area contributed by atoms with Crippen molar-refractivity contribution in [2.24, 2.45) is 5.92 Å². The van der Waals surface area contributed by atoms with Crippen molar-refractivity contribution in [3.8, 4) is 0 Å². The van der Waals surface area contributed by atoms with E-state index in [0.29, 0.717) is 28.1 Å². The number of halogens is 2. The van der Waals surface area contributed by atoms with Crippen molar-refractivity contribution in [1.82, 2.24) is 5.32 Å². The Morgan fingerprint density at radius 2 is 2.19 bits per heavy atom. The molecule has 1 aromatic rings. The molecule has 1 amide bonds. The first kappa shape index (κ1) is 11.7. The number of anilines is 1. The number of carbonyl (C=O) groups excluding carboxylic acids is 1. The molecule has 2 N–H and O–H groups in total. The number of hydrogen-bond acceptors (Lipinski definition) is 2. The third-order valence-corrected chi connectivity index (χ3v) is 3.11. The second-order valence-electron chi connectivity index (χ2n) is 3.90. The van der Waals surface area contributed by atoms with E-state index < -0.39 is 0 Å². The molecule has 0 spiro atoms. The molecule has 2 rings (SSSR count). The van der Waals surface area contributed by atoms with Crippen molar-refractivity contribution < 1.29 is 4.79 Å². The molecule has 0 unspecified atom stereocenters. The normalized spacial score (nSPS) is 15.6. The Hall–Kier alpha value is -0.770. The summed E-state index contributed by atoms with van der Waals surface area (Å²) in [6, 6.07) is 5.01. The third-order valence-electron chi connectivity index (χ3n) is 2.54. The van der Waals surface area contributed by atoms with Gasteiger partial charge in [-0.05, 0) is 37.2 Å². The van der Waals surface area contributed by atoms with Crippen LogP contribution in [0.4, 0.5) is 5.69 Å². The molecule has 86 valence electrons. The first-order valence-electron chi connectivity index (χ1n) is 5.11. The predicted molar refractivity (Wildman–Crippen MR) is 66.1 cm³/mol. The minimum Gasteiger partial charge on any atom is -0.325 e. The van der Waals surface area contributed by atoms with Gasteiger partial charge in [-0.3, -0.25) is 4.79 Å². The summed E-state index contributed by atoms with van der Waals surface area (Å²) in [6.45, 7) is 1.83. The molecule has 0 bridgehead atoms. The van der Waals surface area contributed by atoms with Crippen LogP contribution in [0.1, 0.15) is 6.42 Å². The van der Waals surface area contributed by atoms with Crippen LogP contribution in [0.25, 0.3) is 0 Å². The second-order valence-corrected chi connectivity index (χ2v) is 4.74. The molecule has 1 aliphatic heterocycles. The van der Waals surface area contributed by atoms with Gasteiger partial charge in [-0.2, -0.15) is 0 Å². The van der Waals surface area contributed by atoms with Crippen LogP contribution in [0.2, 0.25) is 10.0 Å². The van der Waals surface area contributed by atoms with Gasteiger partial charge in [0.1, 0.15) is 0 Å². The summed E-state index contributed by atoms with van der Waals surface area (Å²) in [5.41, 5.74) is 0.575. The zero-order valence-corrected chi connectivity index (χ0v) is 10.1. The molecule has 1 fully saturated rings. The summed E-state index contributed by atoms with van der Waals surface area (Å²) in [6.07, 6.45) is 0.524. The van der Waals surface area contributed by atoms with Crippen LogP contribution in [0, 0.1) is 5.92 Å². The van der Waals surface area contributed by atoms with Crippen molar-refractivity contribution in [2.45, 2.75) is 6.42 Å². The Morgan fingerprint density at radius 1 is 1.44 bits per heavy atom. The molecule has 0 saturated carbocycles. The van der Waals surface area contributed by atoms with E-state index in [2.05, 4.69) is 10.6 Å². The highest BCUT2D eigenvalue weighted by molar-refractivity contribution is 6.35. The fourth-order valence-electron chi connectivity index (χ4n) is 1.55. The summed E-state index contributed by atoms with van der Waals surface area (Å²) in [5, 5.41) is 6.96. The van der Waals surface area contributed by atoms with E-state index in [9.17, 15) is 4.79 Å². The molecule has 1 saturated heterocycles. The van der Waals surface area contributed by atoms with Gasteiger partial charge in [0.2, 0.25) is 5.91 Å². The fraction of sp³-hybridized carbons (Fsp3) is 0.364. The largest absolute Gasteiger partial charge is 0.325 e. The highest BCUT2D eigenvalue weighted by Gasteiger charge is 2.20. The number of amides is 1. The molecule has 16 heavy (non-hydrogen) atoms. The van der Waals surface area contributed by atoms with E-state index in [0.717, 1.165) is 13.1 Å². The van der Waals surface area contributed by atoms with Gasteiger partial charge in [0.05, 0.1) is 10.7 Å². The maximum absolute atomic E-state index is 11.6. The quantitative estimate of drug-likeness (QED) is 0.875. The van der Waals surface area contributed by atoms with Crippen LogP contribution in [0.5, 0.6) is 0 Å². The van der Waals surface area contributed by atoms with Gasteiger partial charge in [0.15, 0.2) is 0 Å². The molecule has 0 aromatic heterocycles. The van der Waals surface area contributed by atoms with E-state index in [1.165, 1.54) is 0 Å². The second kappa shape index (κ2) is 5.04. The number of benzene rings is 1. The summed E-state index contributed by atoms with van der Waals surface area (Å²) in [5.74, 6) is 0.425. The van der Waals surface area contributed by atoms with Crippen LogP contribution in [0.15, 0.2) is 18.2 Å². The average molecular weight is 259 g/mol. The molecule has 1 heterocycles. The van der Waals surface area contributed by atoms with Crippen molar-refractivity contribution in [2.75, 3.05) is 18.4 Å². The summed E-state index contributed by atoms with van der Waals surface area (Å²) < 4.78 is 0. The SMILES string of the molecule is O=C(CC1CNC1)Nc1cc(Cl)ccc1Cl. The van der Waals surface area contributed by atoms with Crippen molar-refractivity contribution in [3.05, 3.63) is 28.2 Å². The number of carbonyl (C=O) groups is 1. The Bertz CT molecular complexity index is 405. The summed E-state index contributed by atoms with van der Waals surface area (Å²) in [4.78, 5) is 11.6. The van der Waals surface area contributed by atoms with Gasteiger partial charge in [-0.15, -0.1) is 0 Å². The van der Waals surface area contributed by atoms with E-state index in [-0.39, 0.29) is 5.91 Å². The first-order valence-corrected chi connectivity index (χ1v) is 5.86. The van der Waals surface area contributed by atoms with Crippen molar-refractivity contribution in [3.63, 3.8) is 0 Å². The maximum Gasteiger partial charge on any atom is 0.224 e. The van der Waals surface area contributed by atoms with E-state index in [1.807, 2.05) is 0 Å². The molecular formula is C11H12Cl2N2O. The van der Waals surface area contributed by atoms with Crippen LogP contribution >= 0.6 is 23.2 Å². The minimum atomic E-state index is -0.0179. The molecule has 1 aromatic carbocycles. The minimum absolute atomic E-state index is 0.0179. The zero-order chi connectivity index (χ0) is 11.5. The zero-order valence-electron chi connectivity index (χ0n) is 8.59. The molecule has 5 heteroatoms. The van der Waals surface area contributed by atoms with Gasteiger partial charge in [-0.25, -0.2) is 0 Å². The third kappa shape index (κ3) is 2.88. The van der Waals surface area contributed by atoms with Crippen LogP contribution in [0.3, 0.4) is 0 Å². The van der Waals surface area contributed by atoms with Gasteiger partial charge >= 0.3 is 0 Å². The molecule has 0 atom stereocenters. The van der Waals surface area contributed by atoms with Gasteiger partial charge in [0, 0.05) is 11.4 Å². The monoisotopic (exact) mass is 258 g/mol. The fourth-order valence-corrected chi connectivity index (χ4v) is 1.89. The van der Waals surface area contributed by atoms with Crippen molar-refractivity contribution in [1.29, 1.82) is 0 Å². The smallest absolute Gasteiger partial charge is 0.224 e. The number of rotatable bonds is 3. The highest BCUT2D eigenvalue weighted by Crippen LogP contribution is 2.25. The standard InChI is InChI=1S/C11H12Cl2N2O/c12-8-1-2-9(13)10(4-8)15-11(16)3-7-5-14-6-7/h1-2,4,7,14H,3,5-6H2,(H,15,16). The molecule has 3 nitrogen and oxygen atoms in total. The lowest BCUT2D eigenvalue weighted by Gasteiger charge is -2.26.